The Balaban J connectivity index is 2.34. The van der Waals surface area contributed by atoms with Gasteiger partial charge in [-0.25, -0.2) is 0 Å². The molecule has 0 bridgehead atoms. The van der Waals surface area contributed by atoms with Gasteiger partial charge >= 0.3 is 0 Å². The summed E-state index contributed by atoms with van der Waals surface area (Å²) in [5.74, 6) is 0.870. The molecule has 0 spiro atoms. The van der Waals surface area contributed by atoms with Crippen LogP contribution < -0.4 is 0 Å². The lowest BCUT2D eigenvalue weighted by Gasteiger charge is -2.36. The summed E-state index contributed by atoms with van der Waals surface area (Å²) in [6.07, 6.45) is 8.76. The van der Waals surface area contributed by atoms with Gasteiger partial charge < -0.3 is 4.90 Å². The topological polar surface area (TPSA) is 27.1 Å². The Morgan fingerprint density at radius 1 is 1.25 bits per heavy atom. The van der Waals surface area contributed by atoms with E-state index in [1.165, 1.54) is 38.5 Å². The van der Waals surface area contributed by atoms with E-state index >= 15 is 0 Å². The van der Waals surface area contributed by atoms with Crippen LogP contribution in [0.3, 0.4) is 0 Å². The number of likely N-dealkylation sites (tertiary alicyclic amines) is 1. The largest absolute Gasteiger partial charge is 0.360 e. The van der Waals surface area contributed by atoms with Crippen LogP contribution >= 0.6 is 0 Å². The average Bonchev–Trinajstić information content (AvgIpc) is 2.21. The fourth-order valence-corrected chi connectivity index (χ4v) is 2.51. The maximum absolute atomic E-state index is 7.97. The molecular weight excluding hydrogens is 196 g/mol. The van der Waals surface area contributed by atoms with E-state index in [-0.39, 0.29) is 0 Å². The third kappa shape index (κ3) is 4.54. The van der Waals surface area contributed by atoms with Gasteiger partial charge in [0.2, 0.25) is 0 Å². The summed E-state index contributed by atoms with van der Waals surface area (Å²) < 4.78 is 0. The Kier molecular flexibility index (Phi) is 5.30. The van der Waals surface area contributed by atoms with Crippen LogP contribution in [-0.2, 0) is 0 Å². The minimum Gasteiger partial charge on any atom is -0.360 e. The number of amidine groups is 1. The molecule has 1 aliphatic rings. The third-order valence-corrected chi connectivity index (χ3v) is 3.55. The van der Waals surface area contributed by atoms with Crippen LogP contribution in [0.15, 0.2) is 0 Å². The van der Waals surface area contributed by atoms with Crippen LogP contribution in [0.2, 0.25) is 0 Å². The van der Waals surface area contributed by atoms with Crippen LogP contribution in [0.25, 0.3) is 0 Å². The molecule has 0 aromatic heterocycles. The summed E-state index contributed by atoms with van der Waals surface area (Å²) in [5.41, 5.74) is 0.374. The van der Waals surface area contributed by atoms with Crippen molar-refractivity contribution in [2.75, 3.05) is 13.1 Å². The summed E-state index contributed by atoms with van der Waals surface area (Å²) in [6.45, 7) is 9.15. The van der Waals surface area contributed by atoms with Gasteiger partial charge in [-0.2, -0.15) is 0 Å². The van der Waals surface area contributed by atoms with Gasteiger partial charge in [-0.1, -0.05) is 40.0 Å². The maximum Gasteiger partial charge on any atom is 0.0957 e. The molecule has 0 aromatic rings. The van der Waals surface area contributed by atoms with Gasteiger partial charge in [-0.3, -0.25) is 5.41 Å². The highest BCUT2D eigenvalue weighted by atomic mass is 15.2. The van der Waals surface area contributed by atoms with Gasteiger partial charge in [-0.15, -0.1) is 0 Å². The number of hydrogen-bond donors (Lipinski definition) is 1. The fourth-order valence-electron chi connectivity index (χ4n) is 2.51. The van der Waals surface area contributed by atoms with Gasteiger partial charge in [0.25, 0.3) is 0 Å². The van der Waals surface area contributed by atoms with Crippen molar-refractivity contribution < 1.29 is 0 Å². The predicted molar refractivity (Wildman–Crippen MR) is 71.1 cm³/mol. The Morgan fingerprint density at radius 3 is 2.62 bits per heavy atom. The third-order valence-electron chi connectivity index (χ3n) is 3.55. The minimum absolute atomic E-state index is 0.374. The summed E-state index contributed by atoms with van der Waals surface area (Å²) in [4.78, 5) is 2.30. The molecule has 2 nitrogen and oxygen atoms in total. The second kappa shape index (κ2) is 6.27. The van der Waals surface area contributed by atoms with Crippen molar-refractivity contribution in [3.63, 3.8) is 0 Å². The molecule has 0 aliphatic carbocycles. The fraction of sp³-hybridized carbons (Fsp3) is 0.929. The van der Waals surface area contributed by atoms with Crippen molar-refractivity contribution in [3.05, 3.63) is 0 Å². The van der Waals surface area contributed by atoms with Crippen molar-refractivity contribution in [2.24, 2.45) is 5.41 Å². The van der Waals surface area contributed by atoms with E-state index in [0.717, 1.165) is 25.3 Å². The first-order chi connectivity index (χ1) is 7.55. The Labute approximate surface area is 101 Å². The first-order valence-corrected chi connectivity index (χ1v) is 6.87. The summed E-state index contributed by atoms with van der Waals surface area (Å²) in [5, 5.41) is 7.97. The first kappa shape index (κ1) is 13.5. The zero-order chi connectivity index (χ0) is 12.0. The standard InChI is InChI=1S/C14H28N2/c1-4-5-7-10-14(2,3)12-16-11-8-6-9-13(16)15/h15H,4-12H2,1-3H3. The molecule has 0 radical (unpaired) electrons. The van der Waals surface area contributed by atoms with Crippen LogP contribution in [-0.4, -0.2) is 23.8 Å². The monoisotopic (exact) mass is 224 g/mol. The predicted octanol–water partition coefficient (Wildman–Crippen LogP) is 4.06. The highest BCUT2D eigenvalue weighted by molar-refractivity contribution is 5.79. The van der Waals surface area contributed by atoms with Crippen LogP contribution in [0.4, 0.5) is 0 Å². The van der Waals surface area contributed by atoms with Crippen molar-refractivity contribution in [1.29, 1.82) is 5.41 Å². The van der Waals surface area contributed by atoms with Gasteiger partial charge in [0.1, 0.15) is 0 Å². The summed E-state index contributed by atoms with van der Waals surface area (Å²) in [7, 11) is 0. The van der Waals surface area contributed by atoms with Crippen molar-refractivity contribution >= 4 is 5.84 Å². The molecule has 0 atom stereocenters. The van der Waals surface area contributed by atoms with Crippen LogP contribution in [0.1, 0.15) is 65.7 Å². The number of rotatable bonds is 6. The molecule has 1 rings (SSSR count). The number of nitrogens with zero attached hydrogens (tertiary/aromatic N) is 1. The molecule has 0 saturated carbocycles. The second-order valence-corrected chi connectivity index (χ2v) is 5.95. The lowest BCUT2D eigenvalue weighted by Crippen LogP contribution is -2.41. The molecule has 0 aromatic carbocycles. The van der Waals surface area contributed by atoms with Crippen molar-refractivity contribution in [3.8, 4) is 0 Å². The van der Waals surface area contributed by atoms with E-state index in [2.05, 4.69) is 25.7 Å². The lowest BCUT2D eigenvalue weighted by molar-refractivity contribution is 0.216. The SMILES string of the molecule is CCCCCC(C)(C)CN1CCCCC1=N. The van der Waals surface area contributed by atoms with Gasteiger partial charge in [0.05, 0.1) is 5.84 Å². The zero-order valence-corrected chi connectivity index (χ0v) is 11.3. The number of unbranched alkanes of at least 4 members (excludes halogenated alkanes) is 2. The van der Waals surface area contributed by atoms with Crippen molar-refractivity contribution in [1.82, 2.24) is 4.90 Å². The zero-order valence-electron chi connectivity index (χ0n) is 11.3. The van der Waals surface area contributed by atoms with E-state index < -0.39 is 0 Å². The quantitative estimate of drug-likeness (QED) is 0.677. The molecule has 1 aliphatic heterocycles. The number of piperidine rings is 1. The Morgan fingerprint density at radius 2 is 2.00 bits per heavy atom. The molecule has 1 saturated heterocycles. The van der Waals surface area contributed by atoms with E-state index in [0.29, 0.717) is 5.41 Å². The molecule has 2 heteroatoms. The first-order valence-electron chi connectivity index (χ1n) is 6.87. The molecule has 1 fully saturated rings. The highest BCUT2D eigenvalue weighted by Crippen LogP contribution is 2.26. The number of hydrogen-bond acceptors (Lipinski definition) is 1. The van der Waals surface area contributed by atoms with Gasteiger partial charge in [0.15, 0.2) is 0 Å². The lowest BCUT2D eigenvalue weighted by atomic mass is 9.85. The summed E-state index contributed by atoms with van der Waals surface area (Å²) >= 11 is 0. The number of nitrogens with one attached hydrogen (secondary N) is 1. The molecule has 1 heterocycles. The van der Waals surface area contributed by atoms with Crippen LogP contribution in [0, 0.1) is 10.8 Å². The van der Waals surface area contributed by atoms with Crippen LogP contribution in [0.5, 0.6) is 0 Å². The second-order valence-electron chi connectivity index (χ2n) is 5.95. The van der Waals surface area contributed by atoms with E-state index in [1.807, 2.05) is 0 Å². The highest BCUT2D eigenvalue weighted by Gasteiger charge is 2.24. The van der Waals surface area contributed by atoms with Crippen molar-refractivity contribution in [2.45, 2.75) is 65.7 Å². The van der Waals surface area contributed by atoms with E-state index in [1.54, 1.807) is 0 Å². The Hall–Kier alpha value is -0.530. The molecule has 0 amide bonds. The smallest absolute Gasteiger partial charge is 0.0957 e. The normalized spacial score (nSPS) is 17.9. The molecular formula is C14H28N2. The van der Waals surface area contributed by atoms with E-state index in [4.69, 9.17) is 5.41 Å². The molecule has 0 unspecified atom stereocenters. The average molecular weight is 224 g/mol. The Bertz CT molecular complexity index is 221. The minimum atomic E-state index is 0.374. The molecule has 94 valence electrons. The summed E-state index contributed by atoms with van der Waals surface area (Å²) in [6, 6.07) is 0. The molecule has 16 heavy (non-hydrogen) atoms. The van der Waals surface area contributed by atoms with E-state index in [9.17, 15) is 0 Å². The van der Waals surface area contributed by atoms with Gasteiger partial charge in [0, 0.05) is 19.5 Å². The maximum atomic E-state index is 7.97. The van der Waals surface area contributed by atoms with Gasteiger partial charge in [-0.05, 0) is 24.7 Å². The molecule has 1 N–H and O–H groups in total.